The SMILES string of the molecule is CCOc1ccc(CC2CN(CC(=O)OC(C)(C)C)CCN(CC(=O)OC(C)(C)C)CCN(CC(=O)OC(C)(C)C)CCN2CC(=O)OC(C)(C)C)cc1. The molecule has 0 amide bonds. The lowest BCUT2D eigenvalue weighted by molar-refractivity contribution is -0.160. The molecule has 2 rings (SSSR count). The Morgan fingerprint density at radius 3 is 1.28 bits per heavy atom. The van der Waals surface area contributed by atoms with Gasteiger partial charge in [0.2, 0.25) is 0 Å². The third-order valence-electron chi connectivity index (χ3n) is 7.93. The van der Waals surface area contributed by atoms with E-state index in [4.69, 9.17) is 23.7 Å². The molecule has 1 aromatic rings. The number of carbonyl (C=O) groups excluding carboxylic acids is 4. The quantitative estimate of drug-likeness (QED) is 0.218. The lowest BCUT2D eigenvalue weighted by Crippen LogP contribution is -2.54. The van der Waals surface area contributed by atoms with E-state index in [0.29, 0.717) is 58.8 Å². The number of benzene rings is 1. The molecule has 1 unspecified atom stereocenters. The summed E-state index contributed by atoms with van der Waals surface area (Å²) < 4.78 is 28.6. The topological polar surface area (TPSA) is 127 Å². The first-order chi connectivity index (χ1) is 24.8. The molecule has 1 fully saturated rings. The van der Waals surface area contributed by atoms with Crippen molar-refractivity contribution >= 4 is 23.9 Å². The first-order valence-electron chi connectivity index (χ1n) is 19.3. The van der Waals surface area contributed by atoms with Gasteiger partial charge in [0.15, 0.2) is 0 Å². The molecule has 0 radical (unpaired) electrons. The molecule has 13 heteroatoms. The van der Waals surface area contributed by atoms with Crippen molar-refractivity contribution in [1.82, 2.24) is 19.6 Å². The minimum Gasteiger partial charge on any atom is -0.494 e. The van der Waals surface area contributed by atoms with E-state index < -0.39 is 22.4 Å². The zero-order chi connectivity index (χ0) is 40.9. The van der Waals surface area contributed by atoms with Gasteiger partial charge in [0, 0.05) is 51.9 Å². The monoisotopic (exact) mass is 763 g/mol. The number of rotatable bonds is 12. The van der Waals surface area contributed by atoms with Crippen LogP contribution in [0.4, 0.5) is 0 Å². The van der Waals surface area contributed by atoms with Crippen LogP contribution in [0, 0.1) is 0 Å². The summed E-state index contributed by atoms with van der Waals surface area (Å²) in [6.45, 7) is 27.6. The maximum Gasteiger partial charge on any atom is 0.320 e. The van der Waals surface area contributed by atoms with Gasteiger partial charge in [-0.15, -0.1) is 0 Å². The zero-order valence-electron chi connectivity index (χ0n) is 35.5. The first-order valence-corrected chi connectivity index (χ1v) is 19.3. The minimum atomic E-state index is -0.683. The number of nitrogens with zero attached hydrogens (tertiary/aromatic N) is 4. The Morgan fingerprint density at radius 1 is 0.537 bits per heavy atom. The molecular formula is C41H70N4O9. The van der Waals surface area contributed by atoms with E-state index in [0.717, 1.165) is 11.3 Å². The van der Waals surface area contributed by atoms with Crippen molar-refractivity contribution in [2.24, 2.45) is 0 Å². The fourth-order valence-corrected chi connectivity index (χ4v) is 5.98. The van der Waals surface area contributed by atoms with Gasteiger partial charge >= 0.3 is 23.9 Å². The van der Waals surface area contributed by atoms with E-state index in [-0.39, 0.29) is 56.1 Å². The van der Waals surface area contributed by atoms with Gasteiger partial charge in [-0.2, -0.15) is 0 Å². The van der Waals surface area contributed by atoms with Gasteiger partial charge in [0.05, 0.1) is 32.8 Å². The van der Waals surface area contributed by atoms with Crippen molar-refractivity contribution in [2.45, 2.75) is 125 Å². The largest absolute Gasteiger partial charge is 0.494 e. The molecule has 54 heavy (non-hydrogen) atoms. The van der Waals surface area contributed by atoms with Crippen molar-refractivity contribution < 1.29 is 42.9 Å². The van der Waals surface area contributed by atoms with Crippen LogP contribution >= 0.6 is 0 Å². The van der Waals surface area contributed by atoms with Crippen LogP contribution in [-0.2, 0) is 44.5 Å². The summed E-state index contributed by atoms with van der Waals surface area (Å²) in [7, 11) is 0. The van der Waals surface area contributed by atoms with Gasteiger partial charge in [-0.3, -0.25) is 38.8 Å². The Balaban J connectivity index is 2.61. The van der Waals surface area contributed by atoms with Crippen LogP contribution in [0.25, 0.3) is 0 Å². The normalized spacial score (nSPS) is 18.2. The highest BCUT2D eigenvalue weighted by Gasteiger charge is 2.31. The van der Waals surface area contributed by atoms with Crippen LogP contribution in [0.15, 0.2) is 24.3 Å². The number of ether oxygens (including phenoxy) is 5. The van der Waals surface area contributed by atoms with E-state index in [2.05, 4.69) is 4.90 Å². The summed E-state index contributed by atoms with van der Waals surface area (Å²) in [6, 6.07) is 7.63. The van der Waals surface area contributed by atoms with E-state index in [9.17, 15) is 19.2 Å². The summed E-state index contributed by atoms with van der Waals surface area (Å²) in [5.41, 5.74) is -1.64. The Hall–Kier alpha value is -3.26. The van der Waals surface area contributed by atoms with Crippen LogP contribution in [0.3, 0.4) is 0 Å². The number of carbonyl (C=O) groups is 4. The van der Waals surface area contributed by atoms with Crippen LogP contribution in [-0.4, -0.2) is 151 Å². The van der Waals surface area contributed by atoms with Gasteiger partial charge in [0.1, 0.15) is 28.2 Å². The van der Waals surface area contributed by atoms with Gasteiger partial charge in [-0.25, -0.2) is 0 Å². The lowest BCUT2D eigenvalue weighted by atomic mass is 10.0. The van der Waals surface area contributed by atoms with E-state index in [1.54, 1.807) is 0 Å². The third-order valence-corrected chi connectivity index (χ3v) is 7.93. The highest BCUT2D eigenvalue weighted by Crippen LogP contribution is 2.19. The standard InChI is InChI=1S/C41H70N4O9/c1-14-50-33-17-15-31(16-18-33)25-32-26-44(29-36(48)53-40(8,9)10)22-21-42(27-34(46)51-38(2,3)4)19-20-43(28-35(47)52-39(5,6)7)23-24-45(32)30-37(49)54-41(11,12)13/h15-18,32H,14,19-30H2,1-13H3. The van der Waals surface area contributed by atoms with Gasteiger partial charge < -0.3 is 23.7 Å². The molecule has 0 saturated carbocycles. The summed E-state index contributed by atoms with van der Waals surface area (Å²) >= 11 is 0. The average molecular weight is 763 g/mol. The summed E-state index contributed by atoms with van der Waals surface area (Å²) in [4.78, 5) is 61.2. The number of hydrogen-bond donors (Lipinski definition) is 0. The third kappa shape index (κ3) is 21.0. The number of hydrogen-bond acceptors (Lipinski definition) is 13. The molecule has 308 valence electrons. The fraction of sp³-hybridized carbons (Fsp3) is 0.756. The predicted octanol–water partition coefficient (Wildman–Crippen LogP) is 4.58. The van der Waals surface area contributed by atoms with E-state index >= 15 is 0 Å². The van der Waals surface area contributed by atoms with Crippen LogP contribution in [0.2, 0.25) is 0 Å². The summed E-state index contributed by atoms with van der Waals surface area (Å²) in [6.07, 6.45) is 0.549. The Kier molecular flexibility index (Phi) is 17.9. The van der Waals surface area contributed by atoms with Crippen molar-refractivity contribution in [3.63, 3.8) is 0 Å². The molecule has 1 heterocycles. The molecule has 13 nitrogen and oxygen atoms in total. The van der Waals surface area contributed by atoms with Gasteiger partial charge in [-0.1, -0.05) is 12.1 Å². The second-order valence-electron chi connectivity index (χ2n) is 18.0. The maximum atomic E-state index is 13.5. The zero-order valence-corrected chi connectivity index (χ0v) is 35.5. The predicted molar refractivity (Wildman–Crippen MR) is 209 cm³/mol. The van der Waals surface area contributed by atoms with Gasteiger partial charge in [-0.05, 0) is 114 Å². The highest BCUT2D eigenvalue weighted by molar-refractivity contribution is 5.73. The molecule has 1 aromatic carbocycles. The molecule has 1 aliphatic rings. The van der Waals surface area contributed by atoms with Crippen molar-refractivity contribution in [1.29, 1.82) is 0 Å². The van der Waals surface area contributed by atoms with Crippen molar-refractivity contribution in [3.05, 3.63) is 29.8 Å². The van der Waals surface area contributed by atoms with Gasteiger partial charge in [0.25, 0.3) is 0 Å². The second kappa shape index (κ2) is 20.6. The minimum absolute atomic E-state index is 0.00426. The molecule has 0 aliphatic carbocycles. The summed E-state index contributed by atoms with van der Waals surface area (Å²) in [5, 5.41) is 0. The smallest absolute Gasteiger partial charge is 0.320 e. The number of esters is 4. The average Bonchev–Trinajstić information content (AvgIpc) is 2.96. The molecule has 0 bridgehead atoms. The molecule has 0 aromatic heterocycles. The molecule has 0 spiro atoms. The van der Waals surface area contributed by atoms with Crippen LogP contribution in [0.5, 0.6) is 5.75 Å². The molecule has 1 aliphatic heterocycles. The Morgan fingerprint density at radius 2 is 0.889 bits per heavy atom. The Labute approximate surface area is 324 Å². The molecule has 1 atom stereocenters. The molecule has 1 saturated heterocycles. The van der Waals surface area contributed by atoms with Crippen molar-refractivity contribution in [3.8, 4) is 5.75 Å². The Bertz CT molecular complexity index is 1340. The summed E-state index contributed by atoms with van der Waals surface area (Å²) in [5.74, 6) is -0.687. The first kappa shape index (κ1) is 46.9. The lowest BCUT2D eigenvalue weighted by Gasteiger charge is -2.38. The molecular weight excluding hydrogens is 692 g/mol. The van der Waals surface area contributed by atoms with Crippen LogP contribution < -0.4 is 4.74 Å². The van der Waals surface area contributed by atoms with Crippen molar-refractivity contribution in [2.75, 3.05) is 78.6 Å². The van der Waals surface area contributed by atoms with E-state index in [1.165, 1.54) is 0 Å². The van der Waals surface area contributed by atoms with E-state index in [1.807, 2.05) is 129 Å². The van der Waals surface area contributed by atoms with Crippen LogP contribution in [0.1, 0.15) is 95.6 Å². The fourth-order valence-electron chi connectivity index (χ4n) is 5.98. The maximum absolute atomic E-state index is 13.5. The molecule has 0 N–H and O–H groups in total. The second-order valence-corrected chi connectivity index (χ2v) is 18.0. The highest BCUT2D eigenvalue weighted by atomic mass is 16.6.